The maximum absolute atomic E-state index is 13.6. The van der Waals surface area contributed by atoms with Crippen molar-refractivity contribution in [2.75, 3.05) is 13.1 Å². The zero-order valence-electron chi connectivity index (χ0n) is 16.5. The first-order chi connectivity index (χ1) is 13.6. The summed E-state index contributed by atoms with van der Waals surface area (Å²) in [5.41, 5.74) is 3.76. The summed E-state index contributed by atoms with van der Waals surface area (Å²) in [6, 6.07) is 21.1. The number of hydrogen-bond acceptors (Lipinski definition) is 3. The molecule has 2 heterocycles. The van der Waals surface area contributed by atoms with Crippen molar-refractivity contribution in [3.05, 3.63) is 93.9 Å². The van der Waals surface area contributed by atoms with E-state index in [1.54, 1.807) is 23.5 Å². The molecule has 1 aromatic heterocycles. The van der Waals surface area contributed by atoms with E-state index in [-0.39, 0.29) is 11.9 Å². The molecular weight excluding hydrogens is 367 g/mol. The minimum absolute atomic E-state index is 0.154. The van der Waals surface area contributed by atoms with E-state index in [2.05, 4.69) is 70.8 Å². The highest BCUT2D eigenvalue weighted by Crippen LogP contribution is 2.34. The lowest BCUT2D eigenvalue weighted by atomic mass is 9.95. The molecule has 0 unspecified atom stereocenters. The molecule has 1 aliphatic heterocycles. The Morgan fingerprint density at radius 1 is 0.964 bits per heavy atom. The molecule has 0 radical (unpaired) electrons. The Bertz CT molecular complexity index is 881. The van der Waals surface area contributed by atoms with Crippen molar-refractivity contribution < 1.29 is 4.39 Å². The second-order valence-electron chi connectivity index (χ2n) is 7.82. The van der Waals surface area contributed by atoms with Gasteiger partial charge in [0, 0.05) is 31.7 Å². The molecule has 3 aromatic rings. The van der Waals surface area contributed by atoms with Crippen LogP contribution in [-0.2, 0) is 6.54 Å². The van der Waals surface area contributed by atoms with E-state index >= 15 is 0 Å². The number of nitrogens with zero attached hydrogens (tertiary/aromatic N) is 2. The van der Waals surface area contributed by atoms with Gasteiger partial charge >= 0.3 is 0 Å². The smallest absolute Gasteiger partial charge is 0.123 e. The molecule has 0 saturated carbocycles. The highest BCUT2D eigenvalue weighted by atomic mass is 32.1. The zero-order valence-corrected chi connectivity index (χ0v) is 17.3. The van der Waals surface area contributed by atoms with Crippen LogP contribution >= 0.6 is 11.3 Å². The van der Waals surface area contributed by atoms with Crippen molar-refractivity contribution in [2.45, 2.75) is 38.5 Å². The van der Waals surface area contributed by atoms with Gasteiger partial charge in [0.1, 0.15) is 5.82 Å². The largest absolute Gasteiger partial charge is 0.294 e. The maximum atomic E-state index is 13.6. The quantitative estimate of drug-likeness (QED) is 0.558. The van der Waals surface area contributed by atoms with Crippen LogP contribution in [0.15, 0.2) is 71.4 Å². The van der Waals surface area contributed by atoms with E-state index in [1.165, 1.54) is 17.2 Å². The second kappa shape index (κ2) is 8.56. The molecule has 28 heavy (non-hydrogen) atoms. The summed E-state index contributed by atoms with van der Waals surface area (Å²) >= 11 is 1.76. The number of benzene rings is 2. The number of rotatable bonds is 5. The molecule has 3 atom stereocenters. The number of hydrogen-bond donors (Lipinski definition) is 0. The Labute approximate surface area is 171 Å². The van der Waals surface area contributed by atoms with E-state index in [0.717, 1.165) is 25.2 Å². The van der Waals surface area contributed by atoms with Crippen molar-refractivity contribution in [2.24, 2.45) is 0 Å². The zero-order chi connectivity index (χ0) is 19.5. The van der Waals surface area contributed by atoms with Crippen LogP contribution < -0.4 is 0 Å². The summed E-state index contributed by atoms with van der Waals surface area (Å²) < 4.78 is 13.6. The normalized spacial score (nSPS) is 22.2. The Balaban J connectivity index is 1.55. The number of halogens is 1. The Kier molecular flexibility index (Phi) is 5.90. The van der Waals surface area contributed by atoms with E-state index in [9.17, 15) is 4.39 Å². The van der Waals surface area contributed by atoms with Crippen LogP contribution in [0.2, 0.25) is 0 Å². The summed E-state index contributed by atoms with van der Waals surface area (Å²) in [6.07, 6.45) is 0. The van der Waals surface area contributed by atoms with E-state index in [4.69, 9.17) is 0 Å². The Morgan fingerprint density at radius 2 is 1.79 bits per heavy atom. The summed E-state index contributed by atoms with van der Waals surface area (Å²) in [5, 5.41) is 4.44. The molecule has 2 aromatic carbocycles. The van der Waals surface area contributed by atoms with Gasteiger partial charge in [-0.05, 0) is 59.5 Å². The molecule has 1 aliphatic rings. The van der Waals surface area contributed by atoms with Crippen molar-refractivity contribution in [1.29, 1.82) is 0 Å². The average Bonchev–Trinajstić information content (AvgIpc) is 3.21. The lowest BCUT2D eigenvalue weighted by Crippen LogP contribution is -2.56. The third-order valence-electron chi connectivity index (χ3n) is 5.74. The fourth-order valence-corrected chi connectivity index (χ4v) is 5.00. The molecule has 1 fully saturated rings. The van der Waals surface area contributed by atoms with Gasteiger partial charge in [-0.2, -0.15) is 11.3 Å². The van der Waals surface area contributed by atoms with E-state index < -0.39 is 0 Å². The Morgan fingerprint density at radius 3 is 2.50 bits per heavy atom. The summed E-state index contributed by atoms with van der Waals surface area (Å²) in [7, 11) is 0. The van der Waals surface area contributed by atoms with Crippen LogP contribution in [-0.4, -0.2) is 35.0 Å². The lowest BCUT2D eigenvalue weighted by Gasteiger charge is -2.47. The van der Waals surface area contributed by atoms with Gasteiger partial charge in [-0.1, -0.05) is 42.5 Å². The molecule has 0 N–H and O–H groups in total. The second-order valence-corrected chi connectivity index (χ2v) is 8.60. The van der Waals surface area contributed by atoms with Crippen molar-refractivity contribution >= 4 is 11.3 Å². The number of thiophene rings is 1. The maximum Gasteiger partial charge on any atom is 0.123 e. The monoisotopic (exact) mass is 394 g/mol. The summed E-state index contributed by atoms with van der Waals surface area (Å²) in [4.78, 5) is 5.11. The van der Waals surface area contributed by atoms with Crippen molar-refractivity contribution in [3.8, 4) is 0 Å². The molecule has 1 saturated heterocycles. The van der Waals surface area contributed by atoms with Gasteiger partial charge in [-0.15, -0.1) is 0 Å². The average molecular weight is 395 g/mol. The highest BCUT2D eigenvalue weighted by Gasteiger charge is 2.34. The van der Waals surface area contributed by atoms with Gasteiger partial charge in [0.15, 0.2) is 0 Å². The van der Waals surface area contributed by atoms with Crippen LogP contribution in [0.25, 0.3) is 0 Å². The molecular formula is C24H27FN2S. The molecule has 0 aliphatic carbocycles. The van der Waals surface area contributed by atoms with Gasteiger partial charge in [0.05, 0.1) is 6.04 Å². The summed E-state index contributed by atoms with van der Waals surface area (Å²) in [6.45, 7) is 7.36. The first kappa shape index (κ1) is 19.3. The topological polar surface area (TPSA) is 6.48 Å². The predicted molar refractivity (Wildman–Crippen MR) is 115 cm³/mol. The minimum atomic E-state index is -0.154. The molecule has 0 amide bonds. The Hall–Kier alpha value is -2.01. The molecule has 0 bridgehead atoms. The van der Waals surface area contributed by atoms with Crippen LogP contribution in [0.3, 0.4) is 0 Å². The minimum Gasteiger partial charge on any atom is -0.294 e. The van der Waals surface area contributed by atoms with Gasteiger partial charge < -0.3 is 0 Å². The third kappa shape index (κ3) is 4.19. The fourth-order valence-electron chi connectivity index (χ4n) is 4.32. The molecule has 146 valence electrons. The van der Waals surface area contributed by atoms with Crippen LogP contribution in [0.4, 0.5) is 4.39 Å². The van der Waals surface area contributed by atoms with Gasteiger partial charge in [0.2, 0.25) is 0 Å². The van der Waals surface area contributed by atoms with E-state index in [0.29, 0.717) is 12.1 Å². The number of piperazine rings is 1. The lowest BCUT2D eigenvalue weighted by molar-refractivity contribution is 0.0196. The SMILES string of the molecule is C[C@@H]1CN([C@@H](c2ccccc2)c2ccsc2)[C@@H](C)CN1Cc1cccc(F)c1. The molecule has 4 rings (SSSR count). The first-order valence-corrected chi connectivity index (χ1v) is 10.9. The standard InChI is InChI=1S/C24H27FN2S/c1-18-15-27(19(2)14-26(18)16-20-7-6-10-23(25)13-20)24(22-11-12-28-17-22)21-8-4-3-5-9-21/h3-13,17-19,24H,14-16H2,1-2H3/t18-,19+,24+/m1/s1. The van der Waals surface area contributed by atoms with Gasteiger partial charge in [-0.25, -0.2) is 4.39 Å². The van der Waals surface area contributed by atoms with Gasteiger partial charge in [-0.3, -0.25) is 9.80 Å². The van der Waals surface area contributed by atoms with Crippen LogP contribution in [0, 0.1) is 5.82 Å². The molecule has 4 heteroatoms. The van der Waals surface area contributed by atoms with Crippen molar-refractivity contribution in [1.82, 2.24) is 9.80 Å². The molecule has 2 nitrogen and oxygen atoms in total. The highest BCUT2D eigenvalue weighted by molar-refractivity contribution is 7.08. The van der Waals surface area contributed by atoms with Crippen LogP contribution in [0.1, 0.15) is 36.6 Å². The van der Waals surface area contributed by atoms with Gasteiger partial charge in [0.25, 0.3) is 0 Å². The predicted octanol–water partition coefficient (Wildman–Crippen LogP) is 5.57. The van der Waals surface area contributed by atoms with Crippen molar-refractivity contribution in [3.63, 3.8) is 0 Å². The van der Waals surface area contributed by atoms with Crippen LogP contribution in [0.5, 0.6) is 0 Å². The third-order valence-corrected chi connectivity index (χ3v) is 6.45. The summed E-state index contributed by atoms with van der Waals surface area (Å²) in [5.74, 6) is -0.154. The van der Waals surface area contributed by atoms with E-state index in [1.807, 2.05) is 6.07 Å². The fraction of sp³-hybridized carbons (Fsp3) is 0.333. The molecule has 0 spiro atoms. The first-order valence-electron chi connectivity index (χ1n) is 9.93.